The highest BCUT2D eigenvalue weighted by molar-refractivity contribution is 6.01. The molecule has 1 aromatic carbocycles. The Kier molecular flexibility index (Phi) is 3.36. The van der Waals surface area contributed by atoms with E-state index in [1.165, 1.54) is 0 Å². The Bertz CT molecular complexity index is 449. The number of hydrogen-bond donors (Lipinski definition) is 0. The molecule has 0 N–H and O–H groups in total. The van der Waals surface area contributed by atoms with Crippen LogP contribution in [0, 0.1) is 0 Å². The summed E-state index contributed by atoms with van der Waals surface area (Å²) in [5.41, 5.74) is 2.97. The number of carbonyl (C=O) groups is 1. The van der Waals surface area contributed by atoms with E-state index in [1.54, 1.807) is 14.2 Å². The van der Waals surface area contributed by atoms with Gasteiger partial charge in [0.1, 0.15) is 0 Å². The molecule has 0 saturated heterocycles. The predicted molar refractivity (Wildman–Crippen MR) is 66.2 cm³/mol. The van der Waals surface area contributed by atoms with Crippen molar-refractivity contribution in [3.05, 3.63) is 22.8 Å². The van der Waals surface area contributed by atoms with Gasteiger partial charge in [-0.15, -0.1) is 0 Å². The number of aryl methyl sites for hydroxylation is 1. The third-order valence-electron chi connectivity index (χ3n) is 3.34. The Balaban J connectivity index is 2.70. The van der Waals surface area contributed by atoms with Crippen LogP contribution in [-0.2, 0) is 12.8 Å². The summed E-state index contributed by atoms with van der Waals surface area (Å²) in [4.78, 5) is 12.0. The van der Waals surface area contributed by atoms with Crippen LogP contribution in [0.5, 0.6) is 11.5 Å². The Labute approximate surface area is 102 Å². The number of Topliss-reactive ketones (excluding diaryl/α,β-unsaturated/α-hetero) is 1. The fourth-order valence-corrected chi connectivity index (χ4v) is 2.54. The minimum atomic E-state index is 0.240. The van der Waals surface area contributed by atoms with E-state index in [-0.39, 0.29) is 5.78 Å². The Morgan fingerprint density at radius 2 is 2.00 bits per heavy atom. The monoisotopic (exact) mass is 234 g/mol. The van der Waals surface area contributed by atoms with E-state index in [1.807, 2.05) is 6.07 Å². The molecule has 0 aromatic heterocycles. The van der Waals surface area contributed by atoms with Gasteiger partial charge in [0.25, 0.3) is 0 Å². The number of fused-ring (bicyclic) bond motifs is 1. The molecule has 1 aliphatic rings. The van der Waals surface area contributed by atoms with E-state index < -0.39 is 0 Å². The lowest BCUT2D eigenvalue weighted by atomic mass is 9.85. The summed E-state index contributed by atoms with van der Waals surface area (Å²) < 4.78 is 10.7. The number of carbonyl (C=O) groups excluding carboxylic acids is 1. The van der Waals surface area contributed by atoms with Crippen molar-refractivity contribution in [2.24, 2.45) is 0 Å². The van der Waals surface area contributed by atoms with Gasteiger partial charge in [-0.2, -0.15) is 0 Å². The second-order valence-corrected chi connectivity index (χ2v) is 4.26. The quantitative estimate of drug-likeness (QED) is 0.806. The molecule has 92 valence electrons. The normalized spacial score (nSPS) is 14.4. The zero-order chi connectivity index (χ0) is 12.4. The lowest BCUT2D eigenvalue weighted by molar-refractivity contribution is 0.0970. The SMILES string of the molecule is CCc1cc(OC)c(OC)c2c1C(=O)CCC2. The number of rotatable bonds is 3. The number of ether oxygens (including phenoxy) is 2. The number of hydrogen-bond acceptors (Lipinski definition) is 3. The van der Waals surface area contributed by atoms with Gasteiger partial charge in [-0.25, -0.2) is 0 Å². The fourth-order valence-electron chi connectivity index (χ4n) is 2.54. The van der Waals surface area contributed by atoms with Gasteiger partial charge in [0.05, 0.1) is 14.2 Å². The van der Waals surface area contributed by atoms with Crippen LogP contribution < -0.4 is 9.47 Å². The topological polar surface area (TPSA) is 35.5 Å². The van der Waals surface area contributed by atoms with E-state index >= 15 is 0 Å². The summed E-state index contributed by atoms with van der Waals surface area (Å²) in [6, 6.07) is 1.93. The highest BCUT2D eigenvalue weighted by Crippen LogP contribution is 2.39. The molecule has 1 aliphatic carbocycles. The van der Waals surface area contributed by atoms with Crippen molar-refractivity contribution in [2.75, 3.05) is 14.2 Å². The van der Waals surface area contributed by atoms with Crippen LogP contribution in [0.2, 0.25) is 0 Å². The first-order valence-corrected chi connectivity index (χ1v) is 6.02. The predicted octanol–water partition coefficient (Wildman–Crippen LogP) is 2.79. The van der Waals surface area contributed by atoms with Gasteiger partial charge in [0.2, 0.25) is 0 Å². The van der Waals surface area contributed by atoms with Gasteiger partial charge < -0.3 is 9.47 Å². The molecule has 0 bridgehead atoms. The zero-order valence-corrected chi connectivity index (χ0v) is 10.6. The van der Waals surface area contributed by atoms with E-state index in [9.17, 15) is 4.79 Å². The number of benzene rings is 1. The molecule has 0 fully saturated rings. The van der Waals surface area contributed by atoms with E-state index in [2.05, 4.69) is 6.92 Å². The molecule has 0 spiro atoms. The molecule has 3 nitrogen and oxygen atoms in total. The molecule has 3 heteroatoms. The highest BCUT2D eigenvalue weighted by Gasteiger charge is 2.26. The summed E-state index contributed by atoms with van der Waals surface area (Å²) in [5, 5.41) is 0. The molecule has 0 atom stereocenters. The van der Waals surface area contributed by atoms with Crippen LogP contribution in [0.1, 0.15) is 41.3 Å². The first kappa shape index (κ1) is 12.0. The minimum absolute atomic E-state index is 0.240. The maximum absolute atomic E-state index is 12.0. The summed E-state index contributed by atoms with van der Waals surface area (Å²) in [6.07, 6.45) is 3.29. The third-order valence-corrected chi connectivity index (χ3v) is 3.34. The number of ketones is 1. The molecule has 0 radical (unpaired) electrons. The maximum atomic E-state index is 12.0. The van der Waals surface area contributed by atoms with E-state index in [0.717, 1.165) is 47.5 Å². The van der Waals surface area contributed by atoms with Crippen LogP contribution in [0.3, 0.4) is 0 Å². The van der Waals surface area contributed by atoms with Gasteiger partial charge in [0.15, 0.2) is 17.3 Å². The third kappa shape index (κ3) is 1.90. The van der Waals surface area contributed by atoms with Crippen LogP contribution in [0.4, 0.5) is 0 Å². The second-order valence-electron chi connectivity index (χ2n) is 4.26. The van der Waals surface area contributed by atoms with Crippen LogP contribution in [0.15, 0.2) is 6.07 Å². The highest BCUT2D eigenvalue weighted by atomic mass is 16.5. The first-order valence-electron chi connectivity index (χ1n) is 6.02. The Hall–Kier alpha value is -1.51. The summed E-state index contributed by atoms with van der Waals surface area (Å²) in [6.45, 7) is 2.06. The first-order chi connectivity index (χ1) is 8.22. The van der Waals surface area contributed by atoms with Gasteiger partial charge in [0, 0.05) is 17.5 Å². The van der Waals surface area contributed by atoms with Gasteiger partial charge in [-0.05, 0) is 30.9 Å². The van der Waals surface area contributed by atoms with Crippen molar-refractivity contribution in [3.63, 3.8) is 0 Å². The lowest BCUT2D eigenvalue weighted by Gasteiger charge is -2.22. The molecular formula is C14H18O3. The van der Waals surface area contributed by atoms with Gasteiger partial charge in [-0.3, -0.25) is 4.79 Å². The average Bonchev–Trinajstić information content (AvgIpc) is 2.36. The van der Waals surface area contributed by atoms with Crippen molar-refractivity contribution in [2.45, 2.75) is 32.6 Å². The van der Waals surface area contributed by atoms with Crippen molar-refractivity contribution >= 4 is 5.78 Å². The van der Waals surface area contributed by atoms with Crippen LogP contribution in [0.25, 0.3) is 0 Å². The average molecular weight is 234 g/mol. The standard InChI is InChI=1S/C14H18O3/c1-4-9-8-12(16-2)14(17-3)10-6-5-7-11(15)13(9)10/h8H,4-7H2,1-3H3. The molecule has 0 amide bonds. The number of methoxy groups -OCH3 is 2. The van der Waals surface area contributed by atoms with Gasteiger partial charge in [-0.1, -0.05) is 6.92 Å². The fraction of sp³-hybridized carbons (Fsp3) is 0.500. The molecule has 0 saturated carbocycles. The molecule has 1 aromatic rings. The Morgan fingerprint density at radius 1 is 1.24 bits per heavy atom. The smallest absolute Gasteiger partial charge is 0.164 e. The summed E-state index contributed by atoms with van der Waals surface area (Å²) in [7, 11) is 3.26. The van der Waals surface area contributed by atoms with E-state index in [4.69, 9.17) is 9.47 Å². The molecule has 0 unspecified atom stereocenters. The summed E-state index contributed by atoms with van der Waals surface area (Å²) in [5.74, 6) is 1.70. The van der Waals surface area contributed by atoms with Crippen molar-refractivity contribution in [1.82, 2.24) is 0 Å². The molecule has 0 aliphatic heterocycles. The van der Waals surface area contributed by atoms with Crippen LogP contribution in [-0.4, -0.2) is 20.0 Å². The van der Waals surface area contributed by atoms with Crippen molar-refractivity contribution in [1.29, 1.82) is 0 Å². The molecular weight excluding hydrogens is 216 g/mol. The Morgan fingerprint density at radius 3 is 2.59 bits per heavy atom. The molecule has 17 heavy (non-hydrogen) atoms. The largest absolute Gasteiger partial charge is 0.493 e. The van der Waals surface area contributed by atoms with Crippen LogP contribution >= 0.6 is 0 Å². The molecule has 2 rings (SSSR count). The second kappa shape index (κ2) is 4.78. The van der Waals surface area contributed by atoms with Crippen molar-refractivity contribution < 1.29 is 14.3 Å². The van der Waals surface area contributed by atoms with Crippen molar-refractivity contribution in [3.8, 4) is 11.5 Å². The lowest BCUT2D eigenvalue weighted by Crippen LogP contribution is -2.15. The summed E-state index contributed by atoms with van der Waals surface area (Å²) >= 11 is 0. The minimum Gasteiger partial charge on any atom is -0.493 e. The zero-order valence-electron chi connectivity index (χ0n) is 10.6. The maximum Gasteiger partial charge on any atom is 0.164 e. The van der Waals surface area contributed by atoms with Gasteiger partial charge >= 0.3 is 0 Å². The van der Waals surface area contributed by atoms with E-state index in [0.29, 0.717) is 6.42 Å². The molecule has 0 heterocycles.